The predicted octanol–water partition coefficient (Wildman–Crippen LogP) is 1.70. The molecule has 0 spiro atoms. The van der Waals surface area contributed by atoms with Gasteiger partial charge in [0.05, 0.1) is 0 Å². The zero-order chi connectivity index (χ0) is 13.2. The van der Waals surface area contributed by atoms with Crippen LogP contribution in [0.4, 0.5) is 0 Å². The SMILES string of the molecule is CC(C)C1CC(c2nc(-c3cccnc3)no2)NN1. The minimum atomic E-state index is 0.0744. The van der Waals surface area contributed by atoms with Crippen molar-refractivity contribution < 1.29 is 4.52 Å². The first-order chi connectivity index (χ1) is 9.24. The van der Waals surface area contributed by atoms with Gasteiger partial charge in [-0.15, -0.1) is 0 Å². The van der Waals surface area contributed by atoms with Crippen LogP contribution in [-0.4, -0.2) is 21.2 Å². The Hall–Kier alpha value is -1.79. The van der Waals surface area contributed by atoms with Crippen molar-refractivity contribution in [3.05, 3.63) is 30.4 Å². The molecule has 0 aliphatic carbocycles. The van der Waals surface area contributed by atoms with Crippen molar-refractivity contribution >= 4 is 0 Å². The number of pyridine rings is 1. The highest BCUT2D eigenvalue weighted by Gasteiger charge is 2.30. The lowest BCUT2D eigenvalue weighted by Gasteiger charge is -2.12. The Labute approximate surface area is 111 Å². The molecule has 2 N–H and O–H groups in total. The van der Waals surface area contributed by atoms with E-state index < -0.39 is 0 Å². The van der Waals surface area contributed by atoms with Crippen molar-refractivity contribution in [3.63, 3.8) is 0 Å². The highest BCUT2D eigenvalue weighted by Crippen LogP contribution is 2.25. The lowest BCUT2D eigenvalue weighted by Crippen LogP contribution is -2.33. The summed E-state index contributed by atoms with van der Waals surface area (Å²) in [7, 11) is 0. The molecule has 1 saturated heterocycles. The fourth-order valence-corrected chi connectivity index (χ4v) is 2.17. The highest BCUT2D eigenvalue weighted by molar-refractivity contribution is 5.51. The van der Waals surface area contributed by atoms with Gasteiger partial charge in [0.2, 0.25) is 11.7 Å². The molecule has 3 heterocycles. The third kappa shape index (κ3) is 2.50. The van der Waals surface area contributed by atoms with Crippen molar-refractivity contribution in [1.82, 2.24) is 26.0 Å². The number of aromatic nitrogens is 3. The molecule has 1 aliphatic heterocycles. The van der Waals surface area contributed by atoms with Crippen LogP contribution >= 0.6 is 0 Å². The molecular weight excluding hydrogens is 242 g/mol. The Kier molecular flexibility index (Phi) is 3.27. The molecule has 19 heavy (non-hydrogen) atoms. The average molecular weight is 259 g/mol. The molecule has 2 atom stereocenters. The van der Waals surface area contributed by atoms with E-state index in [1.165, 1.54) is 0 Å². The quantitative estimate of drug-likeness (QED) is 0.873. The summed E-state index contributed by atoms with van der Waals surface area (Å²) >= 11 is 0. The molecule has 0 bridgehead atoms. The zero-order valence-corrected chi connectivity index (χ0v) is 11.0. The van der Waals surface area contributed by atoms with Crippen molar-refractivity contribution in [1.29, 1.82) is 0 Å². The molecule has 2 aromatic rings. The van der Waals surface area contributed by atoms with Crippen molar-refractivity contribution in [2.45, 2.75) is 32.4 Å². The average Bonchev–Trinajstić information content (AvgIpc) is 3.09. The van der Waals surface area contributed by atoms with Crippen LogP contribution in [0.5, 0.6) is 0 Å². The summed E-state index contributed by atoms with van der Waals surface area (Å²) in [6, 6.07) is 4.28. The minimum absolute atomic E-state index is 0.0744. The summed E-state index contributed by atoms with van der Waals surface area (Å²) in [5, 5.41) is 4.01. The number of nitrogens with one attached hydrogen (secondary N) is 2. The first kappa shape index (κ1) is 12.3. The highest BCUT2D eigenvalue weighted by atomic mass is 16.5. The Bertz CT molecular complexity index is 539. The zero-order valence-electron chi connectivity index (χ0n) is 11.0. The summed E-state index contributed by atoms with van der Waals surface area (Å²) in [6.45, 7) is 4.38. The van der Waals surface area contributed by atoms with E-state index in [2.05, 4.69) is 39.8 Å². The van der Waals surface area contributed by atoms with Crippen LogP contribution in [0.25, 0.3) is 11.4 Å². The van der Waals surface area contributed by atoms with Crippen LogP contribution in [0.2, 0.25) is 0 Å². The summed E-state index contributed by atoms with van der Waals surface area (Å²) in [4.78, 5) is 8.49. The predicted molar refractivity (Wildman–Crippen MR) is 69.8 cm³/mol. The lowest BCUT2D eigenvalue weighted by atomic mass is 10.00. The molecule has 0 aromatic carbocycles. The summed E-state index contributed by atoms with van der Waals surface area (Å²) in [5.41, 5.74) is 7.34. The number of hydrogen-bond acceptors (Lipinski definition) is 6. The van der Waals surface area contributed by atoms with Gasteiger partial charge < -0.3 is 4.52 Å². The largest absolute Gasteiger partial charge is 0.337 e. The number of hydrazine groups is 1. The third-order valence-electron chi connectivity index (χ3n) is 3.40. The Morgan fingerprint density at radius 1 is 1.37 bits per heavy atom. The minimum Gasteiger partial charge on any atom is -0.337 e. The first-order valence-electron chi connectivity index (χ1n) is 6.49. The summed E-state index contributed by atoms with van der Waals surface area (Å²) in [5.74, 6) is 1.77. The smallest absolute Gasteiger partial charge is 0.245 e. The first-order valence-corrected chi connectivity index (χ1v) is 6.49. The molecule has 6 nitrogen and oxygen atoms in total. The van der Waals surface area contributed by atoms with Gasteiger partial charge in [-0.1, -0.05) is 19.0 Å². The molecule has 0 amide bonds. The van der Waals surface area contributed by atoms with E-state index in [0.29, 0.717) is 23.7 Å². The Morgan fingerprint density at radius 2 is 2.26 bits per heavy atom. The molecule has 1 aliphatic rings. The van der Waals surface area contributed by atoms with Gasteiger partial charge in [-0.05, 0) is 24.5 Å². The van der Waals surface area contributed by atoms with Crippen LogP contribution in [0.3, 0.4) is 0 Å². The number of nitrogens with zero attached hydrogens (tertiary/aromatic N) is 3. The number of hydrogen-bond donors (Lipinski definition) is 2. The van der Waals surface area contributed by atoms with Gasteiger partial charge in [-0.25, -0.2) is 5.43 Å². The van der Waals surface area contributed by atoms with Gasteiger partial charge in [-0.3, -0.25) is 10.4 Å². The maximum atomic E-state index is 5.34. The van der Waals surface area contributed by atoms with E-state index in [1.807, 2.05) is 12.1 Å². The van der Waals surface area contributed by atoms with E-state index >= 15 is 0 Å². The molecule has 1 fully saturated rings. The fraction of sp³-hybridized carbons (Fsp3) is 0.462. The standard InChI is InChI=1S/C13H17N5O/c1-8(2)10-6-11(17-16-10)13-15-12(18-19-13)9-4-3-5-14-7-9/h3-5,7-8,10-11,16-17H,6H2,1-2H3. The van der Waals surface area contributed by atoms with Crippen molar-refractivity contribution in [2.24, 2.45) is 5.92 Å². The van der Waals surface area contributed by atoms with Gasteiger partial charge >= 0.3 is 0 Å². The van der Waals surface area contributed by atoms with E-state index in [4.69, 9.17) is 4.52 Å². The van der Waals surface area contributed by atoms with Gasteiger partial charge in [-0.2, -0.15) is 4.98 Å². The number of rotatable bonds is 3. The maximum Gasteiger partial charge on any atom is 0.245 e. The second kappa shape index (κ2) is 5.07. The van der Waals surface area contributed by atoms with E-state index in [-0.39, 0.29) is 6.04 Å². The van der Waals surface area contributed by atoms with Gasteiger partial charge in [0.1, 0.15) is 6.04 Å². The topological polar surface area (TPSA) is 75.9 Å². The second-order valence-corrected chi connectivity index (χ2v) is 5.13. The summed E-state index contributed by atoms with van der Waals surface area (Å²) < 4.78 is 5.34. The second-order valence-electron chi connectivity index (χ2n) is 5.13. The molecule has 3 rings (SSSR count). The van der Waals surface area contributed by atoms with E-state index in [0.717, 1.165) is 12.0 Å². The molecule has 100 valence electrons. The maximum absolute atomic E-state index is 5.34. The Morgan fingerprint density at radius 3 is 2.95 bits per heavy atom. The van der Waals surface area contributed by atoms with Crippen molar-refractivity contribution in [2.75, 3.05) is 0 Å². The van der Waals surface area contributed by atoms with E-state index in [9.17, 15) is 0 Å². The molecule has 0 saturated carbocycles. The normalized spacial score (nSPS) is 23.1. The van der Waals surface area contributed by atoms with Gasteiger partial charge in [0, 0.05) is 24.0 Å². The van der Waals surface area contributed by atoms with Crippen LogP contribution in [0.15, 0.2) is 29.0 Å². The Balaban J connectivity index is 1.76. The molecular formula is C13H17N5O. The monoisotopic (exact) mass is 259 g/mol. The van der Waals surface area contributed by atoms with Crippen LogP contribution in [-0.2, 0) is 0 Å². The van der Waals surface area contributed by atoms with Crippen LogP contribution < -0.4 is 10.9 Å². The van der Waals surface area contributed by atoms with Gasteiger partial charge in [0.25, 0.3) is 0 Å². The summed E-state index contributed by atoms with van der Waals surface area (Å²) in [6.07, 6.45) is 4.40. The third-order valence-corrected chi connectivity index (χ3v) is 3.40. The molecule has 0 radical (unpaired) electrons. The molecule has 2 aromatic heterocycles. The van der Waals surface area contributed by atoms with Crippen LogP contribution in [0.1, 0.15) is 32.2 Å². The van der Waals surface area contributed by atoms with Crippen LogP contribution in [0, 0.1) is 5.92 Å². The molecule has 2 unspecified atom stereocenters. The fourth-order valence-electron chi connectivity index (χ4n) is 2.17. The molecule has 6 heteroatoms. The lowest BCUT2D eigenvalue weighted by molar-refractivity contribution is 0.339. The van der Waals surface area contributed by atoms with Gasteiger partial charge in [0.15, 0.2) is 0 Å². The van der Waals surface area contributed by atoms with Crippen molar-refractivity contribution in [3.8, 4) is 11.4 Å². The van der Waals surface area contributed by atoms with E-state index in [1.54, 1.807) is 12.4 Å².